The number of rotatable bonds is 12. The normalized spacial score (nSPS) is 15.3. The first kappa shape index (κ1) is 30.9. The highest BCUT2D eigenvalue weighted by Crippen LogP contribution is 2.21. The lowest BCUT2D eigenvalue weighted by molar-refractivity contribution is -0.113. The summed E-state index contributed by atoms with van der Waals surface area (Å²) in [7, 11) is 2.11. The number of carbonyl (C=O) groups excluding carboxylic acids is 2. The zero-order chi connectivity index (χ0) is 30.1. The quantitative estimate of drug-likeness (QED) is 0.108. The van der Waals surface area contributed by atoms with Crippen LogP contribution in [-0.4, -0.2) is 57.4 Å². The Morgan fingerprint density at radius 1 is 1.24 bits per heavy atom. The van der Waals surface area contributed by atoms with Crippen molar-refractivity contribution in [1.29, 1.82) is 0 Å². The molecule has 1 aliphatic rings. The lowest BCUT2D eigenvalue weighted by Crippen LogP contribution is -2.57. The number of hydrogen-bond acceptors (Lipinski definition) is 7. The zero-order valence-corrected chi connectivity index (χ0v) is 23.1. The number of benzene rings is 1. The molecule has 1 saturated heterocycles. The molecule has 0 saturated carbocycles. The van der Waals surface area contributed by atoms with Gasteiger partial charge in [-0.2, -0.15) is 0 Å². The van der Waals surface area contributed by atoms with Crippen molar-refractivity contribution in [3.05, 3.63) is 112 Å². The van der Waals surface area contributed by atoms with Gasteiger partial charge >= 0.3 is 6.03 Å². The maximum absolute atomic E-state index is 14.2. The number of carbonyl (C=O) groups is 2. The summed E-state index contributed by atoms with van der Waals surface area (Å²) in [6.45, 7) is 7.11. The minimum Gasteiger partial charge on any atom is -0.398 e. The molecule has 2 amide bonds. The molecule has 0 spiro atoms. The van der Waals surface area contributed by atoms with Crippen molar-refractivity contribution in [2.24, 2.45) is 10.7 Å². The molecular weight excluding hydrogens is 555 g/mol. The monoisotopic (exact) mass is 585 g/mol. The summed E-state index contributed by atoms with van der Waals surface area (Å²) < 4.78 is 28.1. The van der Waals surface area contributed by atoms with E-state index in [1.54, 1.807) is 12.1 Å². The highest BCUT2D eigenvalue weighted by molar-refractivity contribution is 7.27. The largest absolute Gasteiger partial charge is 0.398 e. The van der Waals surface area contributed by atoms with E-state index in [0.717, 1.165) is 12.1 Å². The van der Waals surface area contributed by atoms with Crippen molar-refractivity contribution in [2.45, 2.75) is 13.1 Å². The van der Waals surface area contributed by atoms with Crippen LogP contribution in [0.5, 0.6) is 0 Å². The van der Waals surface area contributed by atoms with Gasteiger partial charge in [0.1, 0.15) is 12.4 Å². The van der Waals surface area contributed by atoms with Gasteiger partial charge in [-0.15, -0.1) is 9.24 Å². The van der Waals surface area contributed by atoms with Crippen LogP contribution in [0.3, 0.4) is 0 Å². The van der Waals surface area contributed by atoms with Gasteiger partial charge < -0.3 is 21.1 Å². The number of nitrogens with two attached hydrogens (primary N) is 1. The molecule has 1 fully saturated rings. The smallest absolute Gasteiger partial charge is 0.330 e. The van der Waals surface area contributed by atoms with E-state index in [2.05, 4.69) is 43.0 Å². The molecular formula is C27H30F2N7O4P. The van der Waals surface area contributed by atoms with Crippen molar-refractivity contribution in [3.63, 3.8) is 0 Å². The van der Waals surface area contributed by atoms with Gasteiger partial charge in [-0.05, 0) is 23.8 Å². The Morgan fingerprint density at radius 2 is 2.00 bits per heavy atom. The number of aromatic amines is 1. The first-order chi connectivity index (χ1) is 19.5. The lowest BCUT2D eigenvalue weighted by Gasteiger charge is -2.39. The Hall–Kier alpha value is -4.61. The third-order valence-corrected chi connectivity index (χ3v) is 6.22. The van der Waals surface area contributed by atoms with E-state index in [4.69, 9.17) is 10.8 Å². The van der Waals surface area contributed by atoms with Gasteiger partial charge in [-0.25, -0.2) is 18.6 Å². The number of pyridine rings is 1. The van der Waals surface area contributed by atoms with Crippen LogP contribution < -0.4 is 27.2 Å². The molecule has 6 N–H and O–H groups in total. The number of hydrogen-bond donors (Lipinski definition) is 5. The van der Waals surface area contributed by atoms with Gasteiger partial charge in [0.2, 0.25) is 5.96 Å². The molecule has 1 atom stereocenters. The van der Waals surface area contributed by atoms with Crippen molar-refractivity contribution < 1.29 is 23.5 Å². The minimum absolute atomic E-state index is 0.00633. The lowest BCUT2D eigenvalue weighted by atomic mass is 10.1. The number of guanidine groups is 1. The van der Waals surface area contributed by atoms with E-state index in [1.807, 2.05) is 0 Å². The zero-order valence-electron chi connectivity index (χ0n) is 22.0. The highest BCUT2D eigenvalue weighted by Gasteiger charge is 2.32. The number of urea groups is 1. The summed E-state index contributed by atoms with van der Waals surface area (Å²) in [6, 6.07) is 4.89. The predicted octanol–water partition coefficient (Wildman–Crippen LogP) is 1.07. The summed E-state index contributed by atoms with van der Waals surface area (Å²) in [5.74, 6) is -2.58. The number of aliphatic imine (C=N–C) groups is 1. The molecule has 2 heterocycles. The van der Waals surface area contributed by atoms with E-state index >= 15 is 0 Å². The molecule has 3 rings (SSSR count). The van der Waals surface area contributed by atoms with Crippen LogP contribution in [0.4, 0.5) is 13.6 Å². The predicted molar refractivity (Wildman–Crippen MR) is 154 cm³/mol. The second-order valence-corrected chi connectivity index (χ2v) is 9.33. The summed E-state index contributed by atoms with van der Waals surface area (Å²) in [5.41, 5.74) is 6.70. The average Bonchev–Trinajstić information content (AvgIpc) is 2.93. The Morgan fingerprint density at radius 3 is 2.66 bits per heavy atom. The number of amides is 2. The molecule has 1 aromatic heterocycles. The van der Waals surface area contributed by atoms with Crippen molar-refractivity contribution in [3.8, 4) is 0 Å². The topological polar surface area (TPSA) is 156 Å². The summed E-state index contributed by atoms with van der Waals surface area (Å²) >= 11 is 0. The maximum Gasteiger partial charge on any atom is 0.330 e. The molecule has 0 bridgehead atoms. The third-order valence-electron chi connectivity index (χ3n) is 5.80. The van der Waals surface area contributed by atoms with Gasteiger partial charge in [0.25, 0.3) is 5.56 Å². The molecule has 1 aromatic carbocycles. The number of aliphatic hydroxyl groups is 1. The SMILES string of the molecule is C=C/C(=C/NCCO)C(N)=CC(=O)CN=C1NC(=O)N(Cc2ccc[nH]c2=O)C(=C)N1Cc1cc(F)c(F)c(P)c1. The first-order valence-electron chi connectivity index (χ1n) is 12.2. The van der Waals surface area contributed by atoms with Gasteiger partial charge in [0.05, 0.1) is 19.7 Å². The molecule has 11 nitrogen and oxygen atoms in total. The van der Waals surface area contributed by atoms with Crippen LogP contribution in [-0.2, 0) is 17.9 Å². The maximum atomic E-state index is 14.2. The van der Waals surface area contributed by atoms with E-state index < -0.39 is 35.6 Å². The second-order valence-electron chi connectivity index (χ2n) is 8.71. The third kappa shape index (κ3) is 7.96. The Bertz CT molecular complexity index is 1480. The number of nitrogens with zero attached hydrogens (tertiary/aromatic N) is 3. The second kappa shape index (κ2) is 14.1. The number of nitrogens with one attached hydrogen (secondary N) is 3. The Kier molecular flexibility index (Phi) is 10.7. The van der Waals surface area contributed by atoms with Crippen LogP contribution in [0, 0.1) is 11.6 Å². The molecule has 216 valence electrons. The summed E-state index contributed by atoms with van der Waals surface area (Å²) in [4.78, 5) is 47.3. The number of allylic oxidation sites excluding steroid dienone is 1. The van der Waals surface area contributed by atoms with Crippen molar-refractivity contribution >= 4 is 32.3 Å². The molecule has 0 aliphatic carbocycles. The molecule has 1 aliphatic heterocycles. The fraction of sp³-hybridized carbons (Fsp3) is 0.185. The van der Waals surface area contributed by atoms with E-state index in [0.29, 0.717) is 11.1 Å². The van der Waals surface area contributed by atoms with Gasteiger partial charge in [0.15, 0.2) is 17.4 Å². The number of halogens is 2. The minimum atomic E-state index is -1.07. The Balaban J connectivity index is 1.91. The Labute approximate surface area is 237 Å². The standard InChI is InChI=1S/C27H30F2N7O4P/c1-3-18(12-31-7-8-37)22(30)11-20(38)13-33-26-34-27(40)36(15-19-5-4-6-32-25(19)39)16(2)35(26)14-17-9-21(28)24(29)23(41)10-17/h3-6,9-12,31,37H,1-2,7-8,13-15,30,41H2,(H,32,39)(H,33,34,40)/b18-12-,22-11?. The number of aliphatic hydroxyl groups excluding tert-OH is 1. The van der Waals surface area contributed by atoms with Crippen LogP contribution in [0.1, 0.15) is 11.1 Å². The number of ketones is 1. The fourth-order valence-electron chi connectivity index (χ4n) is 3.73. The van der Waals surface area contributed by atoms with Gasteiger partial charge in [-0.3, -0.25) is 24.7 Å². The first-order valence-corrected chi connectivity index (χ1v) is 12.8. The summed E-state index contributed by atoms with van der Waals surface area (Å²) in [5, 5.41) is 14.3. The molecule has 0 radical (unpaired) electrons. The number of H-pyrrole nitrogens is 1. The van der Waals surface area contributed by atoms with Crippen LogP contribution in [0.15, 0.2) is 88.9 Å². The van der Waals surface area contributed by atoms with Gasteiger partial charge in [0, 0.05) is 47.2 Å². The van der Waals surface area contributed by atoms with Crippen LogP contribution in [0.25, 0.3) is 0 Å². The molecule has 41 heavy (non-hydrogen) atoms. The highest BCUT2D eigenvalue weighted by atomic mass is 31.0. The van der Waals surface area contributed by atoms with E-state index in [-0.39, 0.29) is 54.6 Å². The molecule has 1 unspecified atom stereocenters. The molecule has 14 heteroatoms. The fourth-order valence-corrected chi connectivity index (χ4v) is 4.08. The van der Waals surface area contributed by atoms with Crippen LogP contribution >= 0.6 is 9.24 Å². The van der Waals surface area contributed by atoms with Crippen molar-refractivity contribution in [2.75, 3.05) is 19.7 Å². The molecule has 2 aromatic rings. The average molecular weight is 586 g/mol. The van der Waals surface area contributed by atoms with Gasteiger partial charge in [-0.1, -0.05) is 25.3 Å². The number of aromatic nitrogens is 1. The van der Waals surface area contributed by atoms with E-state index in [9.17, 15) is 23.2 Å². The van der Waals surface area contributed by atoms with E-state index in [1.165, 1.54) is 34.3 Å². The summed E-state index contributed by atoms with van der Waals surface area (Å²) in [6.07, 6.45) is 5.52. The van der Waals surface area contributed by atoms with Crippen molar-refractivity contribution in [1.82, 2.24) is 25.4 Å². The van der Waals surface area contributed by atoms with Crippen LogP contribution in [0.2, 0.25) is 0 Å².